The van der Waals surface area contributed by atoms with Gasteiger partial charge in [-0.05, 0) is 57.3 Å². The second kappa shape index (κ2) is 11.8. The number of fused-ring (bicyclic) bond motifs is 1. The van der Waals surface area contributed by atoms with Gasteiger partial charge in [0, 0.05) is 45.1 Å². The zero-order valence-electron chi connectivity index (χ0n) is 21.7. The van der Waals surface area contributed by atoms with E-state index in [1.807, 2.05) is 47.4 Å². The van der Waals surface area contributed by atoms with Crippen molar-refractivity contribution in [1.29, 1.82) is 0 Å². The van der Waals surface area contributed by atoms with E-state index in [1.54, 1.807) is 11.3 Å². The van der Waals surface area contributed by atoms with E-state index in [9.17, 15) is 9.90 Å². The van der Waals surface area contributed by atoms with Crippen molar-refractivity contribution in [2.75, 3.05) is 33.0 Å². The van der Waals surface area contributed by atoms with E-state index in [0.29, 0.717) is 31.9 Å². The molecule has 39 heavy (non-hydrogen) atoms. The minimum atomic E-state index is -0.524. The summed E-state index contributed by atoms with van der Waals surface area (Å²) < 4.78 is 23.2. The van der Waals surface area contributed by atoms with E-state index in [4.69, 9.17) is 18.9 Å². The number of amides is 1. The summed E-state index contributed by atoms with van der Waals surface area (Å²) in [6.45, 7) is 4.29. The van der Waals surface area contributed by atoms with Crippen LogP contribution < -0.4 is 9.47 Å². The molecule has 9 heteroatoms. The Kier molecular flexibility index (Phi) is 7.83. The van der Waals surface area contributed by atoms with Gasteiger partial charge in [-0.25, -0.2) is 0 Å². The van der Waals surface area contributed by atoms with Crippen LogP contribution >= 0.6 is 11.3 Å². The van der Waals surface area contributed by atoms with Gasteiger partial charge in [-0.2, -0.15) is 11.3 Å². The molecule has 1 saturated heterocycles. The Morgan fingerprint density at radius 1 is 0.974 bits per heavy atom. The van der Waals surface area contributed by atoms with Crippen LogP contribution in [0.4, 0.5) is 0 Å². The van der Waals surface area contributed by atoms with Crippen molar-refractivity contribution in [3.63, 3.8) is 0 Å². The first-order valence-corrected chi connectivity index (χ1v) is 14.2. The maximum absolute atomic E-state index is 13.6. The maximum Gasteiger partial charge on any atom is 0.288 e. The quantitative estimate of drug-likeness (QED) is 0.451. The van der Waals surface area contributed by atoms with Crippen LogP contribution in [0.15, 0.2) is 71.1 Å². The number of hydrogen-bond donors (Lipinski definition) is 1. The summed E-state index contributed by atoms with van der Waals surface area (Å²) in [5, 5.41) is 13.5. The van der Waals surface area contributed by atoms with Crippen LogP contribution in [-0.4, -0.2) is 60.1 Å². The van der Waals surface area contributed by atoms with Crippen LogP contribution in [0, 0.1) is 0 Å². The monoisotopic (exact) mass is 548 g/mol. The summed E-state index contributed by atoms with van der Waals surface area (Å²) in [6, 6.07) is 15.8. The van der Waals surface area contributed by atoms with E-state index in [-0.39, 0.29) is 25.2 Å². The van der Waals surface area contributed by atoms with Crippen molar-refractivity contribution in [1.82, 2.24) is 9.80 Å². The van der Waals surface area contributed by atoms with Crippen molar-refractivity contribution in [2.24, 2.45) is 0 Å². The predicted molar refractivity (Wildman–Crippen MR) is 146 cm³/mol. The lowest BCUT2D eigenvalue weighted by Crippen LogP contribution is -2.49. The molecule has 0 bridgehead atoms. The molecule has 4 heterocycles. The molecule has 8 nitrogen and oxygen atoms in total. The van der Waals surface area contributed by atoms with E-state index >= 15 is 0 Å². The van der Waals surface area contributed by atoms with Crippen LogP contribution in [0.2, 0.25) is 0 Å². The highest BCUT2D eigenvalue weighted by atomic mass is 32.1. The molecule has 3 aliphatic rings. The minimum Gasteiger partial charge on any atom is -0.459 e. The number of aliphatic hydroxyl groups is 1. The number of thiophene rings is 1. The number of aliphatic hydroxyl groups excluding tert-OH is 1. The summed E-state index contributed by atoms with van der Waals surface area (Å²) in [5.41, 5.74) is 4.19. The van der Waals surface area contributed by atoms with Gasteiger partial charge in [0.1, 0.15) is 0 Å². The highest BCUT2D eigenvalue weighted by Gasteiger charge is 2.32. The molecule has 0 radical (unpaired) electrons. The molecule has 1 fully saturated rings. The molecule has 1 N–H and O–H groups in total. The predicted octanol–water partition coefficient (Wildman–Crippen LogP) is 4.24. The molecule has 3 aromatic rings. The normalized spacial score (nSPS) is 20.9. The van der Waals surface area contributed by atoms with Gasteiger partial charge in [0.2, 0.25) is 13.1 Å². The van der Waals surface area contributed by atoms with Gasteiger partial charge in [-0.1, -0.05) is 30.3 Å². The average Bonchev–Trinajstić information content (AvgIpc) is 3.69. The molecular formula is C30H32N2O6S. The number of rotatable bonds is 8. The summed E-state index contributed by atoms with van der Waals surface area (Å²) >= 11 is 1.65. The average molecular weight is 549 g/mol. The molecule has 2 atom stereocenters. The highest BCUT2D eigenvalue weighted by molar-refractivity contribution is 7.08. The fourth-order valence-corrected chi connectivity index (χ4v) is 5.85. The SMILES string of the molecule is O=C(C1=CC(c2ccsc2)CC(OCc2ccc(CO)cc2)O1)N1CCN(Cc2ccc3c(c2)OCO3)CC1. The first-order chi connectivity index (χ1) is 19.1. The Labute approximate surface area is 232 Å². The summed E-state index contributed by atoms with van der Waals surface area (Å²) in [4.78, 5) is 17.8. The Bertz CT molecular complexity index is 1300. The molecule has 204 valence electrons. The maximum atomic E-state index is 13.6. The number of allylic oxidation sites excluding steroid dienone is 1. The van der Waals surface area contributed by atoms with Crippen molar-refractivity contribution < 1.29 is 28.8 Å². The number of hydrogen-bond acceptors (Lipinski definition) is 8. The molecule has 1 amide bonds. The van der Waals surface area contributed by atoms with E-state index in [2.05, 4.69) is 27.8 Å². The van der Waals surface area contributed by atoms with Crippen molar-refractivity contribution in [3.8, 4) is 11.5 Å². The first-order valence-electron chi connectivity index (χ1n) is 13.3. The highest BCUT2D eigenvalue weighted by Crippen LogP contribution is 2.34. The van der Waals surface area contributed by atoms with Crippen LogP contribution in [0.5, 0.6) is 11.5 Å². The van der Waals surface area contributed by atoms with E-state index in [0.717, 1.165) is 42.3 Å². The zero-order chi connectivity index (χ0) is 26.6. The van der Waals surface area contributed by atoms with Crippen molar-refractivity contribution in [2.45, 2.75) is 38.4 Å². The van der Waals surface area contributed by atoms with Crippen LogP contribution in [0.1, 0.15) is 34.6 Å². The van der Waals surface area contributed by atoms with E-state index in [1.165, 1.54) is 11.1 Å². The van der Waals surface area contributed by atoms with Gasteiger partial charge in [0.25, 0.3) is 5.91 Å². The standard InChI is InChI=1S/C30H32N2O6S/c33-17-21-1-3-22(4-2-21)18-35-29-15-25(24-7-12-39-19-24)14-28(38-29)30(34)32-10-8-31(9-11-32)16-23-5-6-26-27(13-23)37-20-36-26/h1-7,12-14,19,25,29,33H,8-11,15-18,20H2. The number of nitrogens with zero attached hydrogens (tertiary/aromatic N) is 2. The van der Waals surface area contributed by atoms with Gasteiger partial charge in [-0.15, -0.1) is 0 Å². The molecule has 1 aromatic heterocycles. The lowest BCUT2D eigenvalue weighted by molar-refractivity contribution is -0.157. The second-order valence-electron chi connectivity index (χ2n) is 10.0. The zero-order valence-corrected chi connectivity index (χ0v) is 22.5. The van der Waals surface area contributed by atoms with Crippen LogP contribution in [0.25, 0.3) is 0 Å². The smallest absolute Gasteiger partial charge is 0.288 e. The lowest BCUT2D eigenvalue weighted by Gasteiger charge is -2.36. The fraction of sp³-hybridized carbons (Fsp3) is 0.367. The number of carbonyl (C=O) groups is 1. The largest absolute Gasteiger partial charge is 0.459 e. The van der Waals surface area contributed by atoms with Crippen LogP contribution in [-0.2, 0) is 34.0 Å². The molecule has 0 spiro atoms. The molecule has 2 aromatic carbocycles. The van der Waals surface area contributed by atoms with Crippen LogP contribution in [0.3, 0.4) is 0 Å². The third kappa shape index (κ3) is 6.12. The first kappa shape index (κ1) is 25.9. The Morgan fingerprint density at radius 3 is 2.51 bits per heavy atom. The Hall–Kier alpha value is -3.37. The number of ether oxygens (including phenoxy) is 4. The Balaban J connectivity index is 1.07. The Morgan fingerprint density at radius 2 is 1.74 bits per heavy atom. The minimum absolute atomic E-state index is 0.0120. The number of benzene rings is 2. The van der Waals surface area contributed by atoms with Gasteiger partial charge in [0.15, 0.2) is 17.3 Å². The van der Waals surface area contributed by atoms with Crippen molar-refractivity contribution >= 4 is 17.2 Å². The third-order valence-electron chi connectivity index (χ3n) is 7.38. The molecule has 0 aliphatic carbocycles. The molecule has 0 saturated carbocycles. The number of piperazine rings is 1. The van der Waals surface area contributed by atoms with E-state index < -0.39 is 6.29 Å². The summed E-state index contributed by atoms with van der Waals surface area (Å²) in [5.74, 6) is 1.92. The van der Waals surface area contributed by atoms with Gasteiger partial charge < -0.3 is 29.0 Å². The lowest BCUT2D eigenvalue weighted by atomic mass is 9.95. The second-order valence-corrected chi connectivity index (χ2v) is 10.8. The summed E-state index contributed by atoms with van der Waals surface area (Å²) in [6.07, 6.45) is 2.08. The number of carbonyl (C=O) groups excluding carboxylic acids is 1. The molecule has 2 unspecified atom stereocenters. The summed E-state index contributed by atoms with van der Waals surface area (Å²) in [7, 11) is 0. The molecule has 3 aliphatic heterocycles. The molecular weight excluding hydrogens is 516 g/mol. The topological polar surface area (TPSA) is 80.7 Å². The third-order valence-corrected chi connectivity index (χ3v) is 8.09. The van der Waals surface area contributed by atoms with Crippen molar-refractivity contribution in [3.05, 3.63) is 93.4 Å². The van der Waals surface area contributed by atoms with Gasteiger partial charge in [0.05, 0.1) is 13.2 Å². The molecule has 6 rings (SSSR count). The van der Waals surface area contributed by atoms with Gasteiger partial charge in [-0.3, -0.25) is 9.69 Å². The van der Waals surface area contributed by atoms with Gasteiger partial charge >= 0.3 is 0 Å². The fourth-order valence-electron chi connectivity index (χ4n) is 5.12.